The van der Waals surface area contributed by atoms with Gasteiger partial charge in [-0.3, -0.25) is 9.69 Å². The van der Waals surface area contributed by atoms with Gasteiger partial charge < -0.3 is 15.6 Å². The number of nitrogens with zero attached hydrogens (tertiary/aromatic N) is 1. The molecule has 6 heteroatoms. The highest BCUT2D eigenvalue weighted by Crippen LogP contribution is 2.21. The van der Waals surface area contributed by atoms with Crippen LogP contribution in [0, 0.1) is 0 Å². The quantitative estimate of drug-likeness (QED) is 0.418. The number of carbonyl (C=O) groups excluding carboxylic acids is 2. The van der Waals surface area contributed by atoms with Crippen LogP contribution in [-0.4, -0.2) is 41.5 Å². The van der Waals surface area contributed by atoms with E-state index in [1.165, 1.54) is 21.4 Å². The fraction of sp³-hybridized carbons (Fsp3) is 0.273. The summed E-state index contributed by atoms with van der Waals surface area (Å²) in [5.41, 5.74) is 4.78. The van der Waals surface area contributed by atoms with Gasteiger partial charge in [-0.1, -0.05) is 36.4 Å². The lowest BCUT2D eigenvalue weighted by Gasteiger charge is -2.12. The molecular weight excluding hydrogens is 352 g/mol. The molecule has 1 aliphatic heterocycles. The zero-order valence-corrected chi connectivity index (χ0v) is 15.7. The third-order valence-corrected chi connectivity index (χ3v) is 5.14. The van der Waals surface area contributed by atoms with Gasteiger partial charge in [-0.15, -0.1) is 0 Å². The molecule has 0 spiro atoms. The first-order valence-corrected chi connectivity index (χ1v) is 9.62. The van der Waals surface area contributed by atoms with Crippen LogP contribution < -0.4 is 10.6 Å². The van der Waals surface area contributed by atoms with Gasteiger partial charge in [0.15, 0.2) is 0 Å². The third kappa shape index (κ3) is 4.07. The number of imide groups is 1. The van der Waals surface area contributed by atoms with E-state index < -0.39 is 0 Å². The predicted molar refractivity (Wildman–Crippen MR) is 109 cm³/mol. The van der Waals surface area contributed by atoms with E-state index in [0.717, 1.165) is 30.6 Å². The van der Waals surface area contributed by atoms with Gasteiger partial charge in [0.1, 0.15) is 0 Å². The SMILES string of the molecule is O=C1CNC(=O)N1CCc1ccc2[nH]cc(CCNCc3ccccc3)c2c1. The number of amides is 3. The lowest BCUT2D eigenvalue weighted by Crippen LogP contribution is -2.32. The Balaban J connectivity index is 1.36. The van der Waals surface area contributed by atoms with Crippen molar-refractivity contribution in [2.75, 3.05) is 19.6 Å². The van der Waals surface area contributed by atoms with Crippen molar-refractivity contribution in [2.45, 2.75) is 19.4 Å². The minimum absolute atomic E-state index is 0.107. The van der Waals surface area contributed by atoms with E-state index in [0.29, 0.717) is 13.0 Å². The maximum Gasteiger partial charge on any atom is 0.324 e. The van der Waals surface area contributed by atoms with E-state index in [1.807, 2.05) is 6.07 Å². The Morgan fingerprint density at radius 2 is 1.86 bits per heavy atom. The Hall–Kier alpha value is -3.12. The fourth-order valence-corrected chi connectivity index (χ4v) is 3.56. The normalized spacial score (nSPS) is 14.1. The first-order valence-electron chi connectivity index (χ1n) is 9.62. The van der Waals surface area contributed by atoms with Gasteiger partial charge in [0, 0.05) is 30.2 Å². The molecular formula is C22H24N4O2. The zero-order valence-electron chi connectivity index (χ0n) is 15.7. The Morgan fingerprint density at radius 3 is 2.64 bits per heavy atom. The van der Waals surface area contributed by atoms with E-state index in [1.54, 1.807) is 0 Å². The second-order valence-electron chi connectivity index (χ2n) is 7.06. The van der Waals surface area contributed by atoms with Crippen LogP contribution in [0.25, 0.3) is 10.9 Å². The van der Waals surface area contributed by atoms with Gasteiger partial charge in [-0.2, -0.15) is 0 Å². The van der Waals surface area contributed by atoms with Crippen molar-refractivity contribution in [3.63, 3.8) is 0 Å². The van der Waals surface area contributed by atoms with Gasteiger partial charge in [0.05, 0.1) is 6.54 Å². The smallest absolute Gasteiger partial charge is 0.324 e. The molecule has 3 aromatic rings. The molecule has 0 unspecified atom stereocenters. The van der Waals surface area contributed by atoms with Gasteiger partial charge >= 0.3 is 6.03 Å². The van der Waals surface area contributed by atoms with Crippen LogP contribution >= 0.6 is 0 Å². The van der Waals surface area contributed by atoms with E-state index in [-0.39, 0.29) is 18.5 Å². The number of urea groups is 1. The number of benzene rings is 2. The number of fused-ring (bicyclic) bond motifs is 1. The molecule has 0 aliphatic carbocycles. The summed E-state index contributed by atoms with van der Waals surface area (Å²) in [6.45, 7) is 2.28. The van der Waals surface area contributed by atoms with Crippen LogP contribution in [0.5, 0.6) is 0 Å². The minimum atomic E-state index is -0.294. The molecule has 28 heavy (non-hydrogen) atoms. The van der Waals surface area contributed by atoms with Crippen molar-refractivity contribution in [3.8, 4) is 0 Å². The highest BCUT2D eigenvalue weighted by molar-refractivity contribution is 6.01. The molecule has 0 atom stereocenters. The van der Waals surface area contributed by atoms with Crippen molar-refractivity contribution in [1.82, 2.24) is 20.5 Å². The molecule has 0 saturated carbocycles. The number of nitrogens with one attached hydrogen (secondary N) is 3. The maximum absolute atomic E-state index is 11.7. The molecule has 1 aromatic heterocycles. The van der Waals surface area contributed by atoms with E-state index in [4.69, 9.17) is 0 Å². The van der Waals surface area contributed by atoms with Gasteiger partial charge in [0.25, 0.3) is 0 Å². The summed E-state index contributed by atoms with van der Waals surface area (Å²) >= 11 is 0. The summed E-state index contributed by atoms with van der Waals surface area (Å²) in [6.07, 6.45) is 3.66. The maximum atomic E-state index is 11.7. The standard InChI is InChI=1S/C22H24N4O2/c27-21-15-25-22(28)26(21)11-9-16-6-7-20-19(12-16)18(14-24-20)8-10-23-13-17-4-2-1-3-5-17/h1-7,12,14,23-24H,8-11,13,15H2,(H,25,28). The topological polar surface area (TPSA) is 77.2 Å². The zero-order chi connectivity index (χ0) is 19.3. The number of hydrogen-bond acceptors (Lipinski definition) is 3. The lowest BCUT2D eigenvalue weighted by atomic mass is 10.1. The van der Waals surface area contributed by atoms with Crippen molar-refractivity contribution < 1.29 is 9.59 Å². The minimum Gasteiger partial charge on any atom is -0.361 e. The molecule has 6 nitrogen and oxygen atoms in total. The molecule has 3 amide bonds. The molecule has 0 radical (unpaired) electrons. The molecule has 1 saturated heterocycles. The van der Waals surface area contributed by atoms with Crippen molar-refractivity contribution >= 4 is 22.8 Å². The molecule has 4 rings (SSSR count). The Labute approximate surface area is 163 Å². The van der Waals surface area contributed by atoms with Crippen molar-refractivity contribution in [1.29, 1.82) is 0 Å². The van der Waals surface area contributed by atoms with Crippen LogP contribution in [0.1, 0.15) is 16.7 Å². The summed E-state index contributed by atoms with van der Waals surface area (Å²) < 4.78 is 0. The van der Waals surface area contributed by atoms with Crippen LogP contribution in [-0.2, 0) is 24.2 Å². The lowest BCUT2D eigenvalue weighted by molar-refractivity contribution is -0.124. The molecule has 144 valence electrons. The number of rotatable bonds is 8. The predicted octanol–water partition coefficient (Wildman–Crippen LogP) is 2.59. The van der Waals surface area contributed by atoms with E-state index in [9.17, 15) is 9.59 Å². The van der Waals surface area contributed by atoms with Crippen LogP contribution in [0.3, 0.4) is 0 Å². The van der Waals surface area contributed by atoms with Crippen LogP contribution in [0.4, 0.5) is 4.79 Å². The molecule has 1 aliphatic rings. The summed E-state index contributed by atoms with van der Waals surface area (Å²) in [4.78, 5) is 28.0. The summed E-state index contributed by atoms with van der Waals surface area (Å²) in [7, 11) is 0. The molecule has 2 heterocycles. The van der Waals surface area contributed by atoms with Gasteiger partial charge in [-0.05, 0) is 48.2 Å². The number of carbonyl (C=O) groups is 2. The molecule has 3 N–H and O–H groups in total. The monoisotopic (exact) mass is 376 g/mol. The van der Waals surface area contributed by atoms with E-state index >= 15 is 0 Å². The first-order chi connectivity index (χ1) is 13.7. The number of aromatic nitrogens is 1. The van der Waals surface area contributed by atoms with Gasteiger partial charge in [-0.25, -0.2) is 4.79 Å². The number of aromatic amines is 1. The summed E-state index contributed by atoms with van der Waals surface area (Å²) in [5.74, 6) is -0.155. The fourth-order valence-electron chi connectivity index (χ4n) is 3.56. The van der Waals surface area contributed by atoms with Crippen LogP contribution in [0.2, 0.25) is 0 Å². The van der Waals surface area contributed by atoms with Crippen molar-refractivity contribution in [2.24, 2.45) is 0 Å². The van der Waals surface area contributed by atoms with E-state index in [2.05, 4.69) is 64.3 Å². The Morgan fingerprint density at radius 1 is 1.00 bits per heavy atom. The molecule has 0 bridgehead atoms. The Kier molecular flexibility index (Phi) is 5.39. The first kappa shape index (κ1) is 18.3. The largest absolute Gasteiger partial charge is 0.361 e. The second kappa shape index (κ2) is 8.27. The highest BCUT2D eigenvalue weighted by atomic mass is 16.2. The molecule has 2 aromatic carbocycles. The third-order valence-electron chi connectivity index (χ3n) is 5.14. The average molecular weight is 376 g/mol. The second-order valence-corrected chi connectivity index (χ2v) is 7.06. The summed E-state index contributed by atoms with van der Waals surface area (Å²) in [6, 6.07) is 16.4. The molecule has 1 fully saturated rings. The number of hydrogen-bond donors (Lipinski definition) is 3. The number of H-pyrrole nitrogens is 1. The Bertz CT molecular complexity index is 965. The van der Waals surface area contributed by atoms with Gasteiger partial charge in [0.2, 0.25) is 5.91 Å². The van der Waals surface area contributed by atoms with Crippen molar-refractivity contribution in [3.05, 3.63) is 71.4 Å². The average Bonchev–Trinajstić information content (AvgIpc) is 3.27. The highest BCUT2D eigenvalue weighted by Gasteiger charge is 2.27. The summed E-state index contributed by atoms with van der Waals surface area (Å²) in [5, 5.41) is 7.25. The van der Waals surface area contributed by atoms with Crippen LogP contribution in [0.15, 0.2) is 54.7 Å².